The summed E-state index contributed by atoms with van der Waals surface area (Å²) < 4.78 is 0. The second-order valence-electron chi connectivity index (χ2n) is 3.55. The molecule has 0 spiro atoms. The van der Waals surface area contributed by atoms with Gasteiger partial charge in [0.25, 0.3) is 0 Å². The normalized spacial score (nSPS) is 10.8. The lowest BCUT2D eigenvalue weighted by Gasteiger charge is -2.23. The van der Waals surface area contributed by atoms with E-state index >= 15 is 0 Å². The van der Waals surface area contributed by atoms with Crippen molar-refractivity contribution in [2.75, 3.05) is 18.0 Å². The molecule has 0 aliphatic heterocycles. The number of anilines is 1. The van der Waals surface area contributed by atoms with Crippen LogP contribution in [-0.4, -0.2) is 24.2 Å². The second kappa shape index (κ2) is 6.30. The Morgan fingerprint density at radius 3 is 2.59 bits per heavy atom. The van der Waals surface area contributed by atoms with Crippen LogP contribution in [0, 0.1) is 0 Å². The van der Waals surface area contributed by atoms with E-state index in [0.717, 1.165) is 30.4 Å². The van der Waals surface area contributed by atoms with Gasteiger partial charge in [-0.05, 0) is 37.6 Å². The quantitative estimate of drug-likeness (QED) is 0.819. The van der Waals surface area contributed by atoms with Crippen LogP contribution < -0.4 is 4.90 Å². The molecule has 0 radical (unpaired) electrons. The Labute approximate surface area is 106 Å². The van der Waals surface area contributed by atoms with E-state index in [2.05, 4.69) is 18.7 Å². The molecule has 1 N–H and O–H groups in total. The van der Waals surface area contributed by atoms with Crippen molar-refractivity contribution >= 4 is 29.3 Å². The fraction of sp³-hybridized carbons (Fsp3) is 0.308. The van der Waals surface area contributed by atoms with Crippen LogP contribution in [0.4, 0.5) is 5.69 Å². The Morgan fingerprint density at radius 2 is 2.06 bits per heavy atom. The van der Waals surface area contributed by atoms with Gasteiger partial charge in [0, 0.05) is 29.9 Å². The van der Waals surface area contributed by atoms with Gasteiger partial charge in [0.1, 0.15) is 0 Å². The molecule has 1 aromatic carbocycles. The van der Waals surface area contributed by atoms with Gasteiger partial charge >= 0.3 is 5.97 Å². The van der Waals surface area contributed by atoms with E-state index in [-0.39, 0.29) is 0 Å². The predicted molar refractivity (Wildman–Crippen MR) is 71.7 cm³/mol. The van der Waals surface area contributed by atoms with Crippen LogP contribution in [-0.2, 0) is 4.79 Å². The molecular weight excluding hydrogens is 238 g/mol. The Morgan fingerprint density at radius 1 is 1.41 bits per heavy atom. The largest absolute Gasteiger partial charge is 0.478 e. The van der Waals surface area contributed by atoms with E-state index in [1.807, 2.05) is 12.1 Å². The van der Waals surface area contributed by atoms with Crippen molar-refractivity contribution in [3.63, 3.8) is 0 Å². The molecular formula is C13H16ClNO2. The number of rotatable bonds is 5. The third-order valence-electron chi connectivity index (χ3n) is 2.50. The van der Waals surface area contributed by atoms with Crippen LogP contribution in [0.25, 0.3) is 6.08 Å². The Kier molecular flexibility index (Phi) is 5.04. The van der Waals surface area contributed by atoms with Crippen molar-refractivity contribution in [1.29, 1.82) is 0 Å². The van der Waals surface area contributed by atoms with E-state index in [9.17, 15) is 4.79 Å². The van der Waals surface area contributed by atoms with Gasteiger partial charge in [0.2, 0.25) is 0 Å². The molecule has 0 heterocycles. The molecule has 17 heavy (non-hydrogen) atoms. The summed E-state index contributed by atoms with van der Waals surface area (Å²) in [5.74, 6) is -0.953. The Balaban J connectivity index is 3.15. The summed E-state index contributed by atoms with van der Waals surface area (Å²) in [5, 5.41) is 9.30. The van der Waals surface area contributed by atoms with E-state index in [0.29, 0.717) is 5.02 Å². The molecule has 0 atom stereocenters. The smallest absolute Gasteiger partial charge is 0.328 e. The highest BCUT2D eigenvalue weighted by Gasteiger charge is 2.07. The van der Waals surface area contributed by atoms with Crippen molar-refractivity contribution in [3.8, 4) is 0 Å². The number of benzene rings is 1. The van der Waals surface area contributed by atoms with Gasteiger partial charge in [-0.2, -0.15) is 0 Å². The number of aliphatic carboxylic acids is 1. The van der Waals surface area contributed by atoms with Crippen LogP contribution in [0.1, 0.15) is 19.4 Å². The standard InChI is InChI=1S/C13H16ClNO2/c1-3-15(4-2)12-9-11(14)7-5-10(12)6-8-13(16)17/h5-9H,3-4H2,1-2H3,(H,16,17)/b8-6+. The first-order valence-corrected chi connectivity index (χ1v) is 5.91. The molecule has 1 aromatic rings. The van der Waals surface area contributed by atoms with Gasteiger partial charge < -0.3 is 10.0 Å². The number of carbonyl (C=O) groups is 1. The van der Waals surface area contributed by atoms with Crippen LogP contribution in [0.2, 0.25) is 5.02 Å². The summed E-state index contributed by atoms with van der Waals surface area (Å²) in [5.41, 5.74) is 1.82. The summed E-state index contributed by atoms with van der Waals surface area (Å²) in [4.78, 5) is 12.7. The molecule has 3 nitrogen and oxygen atoms in total. The molecule has 0 saturated heterocycles. The first-order valence-electron chi connectivity index (χ1n) is 5.54. The average molecular weight is 254 g/mol. The van der Waals surface area contributed by atoms with Gasteiger partial charge in [-0.1, -0.05) is 17.7 Å². The van der Waals surface area contributed by atoms with Gasteiger partial charge in [0.05, 0.1) is 0 Å². The van der Waals surface area contributed by atoms with E-state index in [1.54, 1.807) is 12.1 Å². The third-order valence-corrected chi connectivity index (χ3v) is 2.74. The van der Waals surface area contributed by atoms with Crippen molar-refractivity contribution in [2.45, 2.75) is 13.8 Å². The highest BCUT2D eigenvalue weighted by Crippen LogP contribution is 2.25. The van der Waals surface area contributed by atoms with Gasteiger partial charge in [-0.15, -0.1) is 0 Å². The maximum absolute atomic E-state index is 10.5. The zero-order valence-corrected chi connectivity index (χ0v) is 10.7. The molecule has 0 saturated carbocycles. The number of carboxylic acid groups (broad SMARTS) is 1. The molecule has 0 bridgehead atoms. The van der Waals surface area contributed by atoms with Crippen LogP contribution in [0.3, 0.4) is 0 Å². The maximum atomic E-state index is 10.5. The zero-order chi connectivity index (χ0) is 12.8. The van der Waals surface area contributed by atoms with Gasteiger partial charge in [-0.3, -0.25) is 0 Å². The lowest BCUT2D eigenvalue weighted by atomic mass is 10.1. The molecule has 4 heteroatoms. The SMILES string of the molecule is CCN(CC)c1cc(Cl)ccc1/C=C/C(=O)O. The number of carboxylic acids is 1. The van der Waals surface area contributed by atoms with E-state index in [4.69, 9.17) is 16.7 Å². The maximum Gasteiger partial charge on any atom is 0.328 e. The minimum atomic E-state index is -0.953. The van der Waals surface area contributed by atoms with Crippen molar-refractivity contribution in [1.82, 2.24) is 0 Å². The third kappa shape index (κ3) is 3.79. The Hall–Kier alpha value is -1.48. The summed E-state index contributed by atoms with van der Waals surface area (Å²) >= 11 is 5.97. The first-order chi connectivity index (χ1) is 8.08. The number of nitrogens with zero attached hydrogens (tertiary/aromatic N) is 1. The predicted octanol–water partition coefficient (Wildman–Crippen LogP) is 3.28. The molecule has 0 aromatic heterocycles. The molecule has 0 aliphatic rings. The topological polar surface area (TPSA) is 40.5 Å². The molecule has 0 fully saturated rings. The lowest BCUT2D eigenvalue weighted by Crippen LogP contribution is -2.22. The highest BCUT2D eigenvalue weighted by molar-refractivity contribution is 6.31. The first kappa shape index (κ1) is 13.6. The molecule has 0 unspecified atom stereocenters. The fourth-order valence-electron chi connectivity index (χ4n) is 1.66. The number of halogens is 1. The summed E-state index contributed by atoms with van der Waals surface area (Å²) in [6.45, 7) is 5.81. The van der Waals surface area contributed by atoms with Gasteiger partial charge in [-0.25, -0.2) is 4.79 Å². The van der Waals surface area contributed by atoms with Crippen LogP contribution in [0.15, 0.2) is 24.3 Å². The fourth-order valence-corrected chi connectivity index (χ4v) is 1.82. The molecule has 92 valence electrons. The molecule has 0 aliphatic carbocycles. The summed E-state index contributed by atoms with van der Waals surface area (Å²) in [6.07, 6.45) is 2.72. The minimum Gasteiger partial charge on any atom is -0.478 e. The van der Waals surface area contributed by atoms with Crippen molar-refractivity contribution in [2.24, 2.45) is 0 Å². The summed E-state index contributed by atoms with van der Waals surface area (Å²) in [7, 11) is 0. The molecule has 0 amide bonds. The van der Waals surface area contributed by atoms with E-state index < -0.39 is 5.97 Å². The summed E-state index contributed by atoms with van der Waals surface area (Å²) in [6, 6.07) is 5.45. The van der Waals surface area contributed by atoms with Gasteiger partial charge in [0.15, 0.2) is 0 Å². The Bertz CT molecular complexity index is 425. The zero-order valence-electron chi connectivity index (χ0n) is 9.98. The number of hydrogen-bond acceptors (Lipinski definition) is 2. The van der Waals surface area contributed by atoms with E-state index in [1.165, 1.54) is 0 Å². The van der Waals surface area contributed by atoms with Crippen molar-refractivity contribution in [3.05, 3.63) is 34.9 Å². The monoisotopic (exact) mass is 253 g/mol. The highest BCUT2D eigenvalue weighted by atomic mass is 35.5. The lowest BCUT2D eigenvalue weighted by molar-refractivity contribution is -0.131. The van der Waals surface area contributed by atoms with Crippen LogP contribution >= 0.6 is 11.6 Å². The average Bonchev–Trinajstić information content (AvgIpc) is 2.29. The minimum absolute atomic E-state index is 0.652. The van der Waals surface area contributed by atoms with Crippen molar-refractivity contribution < 1.29 is 9.90 Å². The molecule has 1 rings (SSSR count). The number of hydrogen-bond donors (Lipinski definition) is 1. The second-order valence-corrected chi connectivity index (χ2v) is 3.98. The van der Waals surface area contributed by atoms with Crippen LogP contribution in [0.5, 0.6) is 0 Å².